The summed E-state index contributed by atoms with van der Waals surface area (Å²) in [4.78, 5) is 18.3. The Kier molecular flexibility index (Phi) is 3.34. The molecule has 27 heavy (non-hydrogen) atoms. The Bertz CT molecular complexity index is 1220. The number of rotatable bonds is 1. The van der Waals surface area contributed by atoms with Crippen molar-refractivity contribution < 1.29 is 4.79 Å². The summed E-state index contributed by atoms with van der Waals surface area (Å²) in [5, 5.41) is 0.557. The molecule has 0 saturated heterocycles. The van der Waals surface area contributed by atoms with Crippen molar-refractivity contribution >= 4 is 28.5 Å². The van der Waals surface area contributed by atoms with Crippen LogP contribution in [0.1, 0.15) is 39.8 Å². The predicted molar refractivity (Wildman–Crippen MR) is 108 cm³/mol. The molecule has 2 heterocycles. The number of nitrogens with zero attached hydrogens (tertiary/aromatic N) is 2. The highest BCUT2D eigenvalue weighted by Gasteiger charge is 2.44. The molecular weight excluding hydrogens is 356 g/mol. The van der Waals surface area contributed by atoms with E-state index in [1.54, 1.807) is 10.6 Å². The summed E-state index contributed by atoms with van der Waals surface area (Å²) in [6.07, 6.45) is 0. The van der Waals surface area contributed by atoms with E-state index in [1.807, 2.05) is 36.4 Å². The molecule has 1 aliphatic rings. The van der Waals surface area contributed by atoms with Crippen molar-refractivity contribution in [3.63, 3.8) is 0 Å². The fourth-order valence-electron chi connectivity index (χ4n) is 4.11. The van der Waals surface area contributed by atoms with Crippen LogP contribution in [0.15, 0.2) is 66.7 Å². The minimum Gasteiger partial charge on any atom is -0.268 e. The second-order valence-corrected chi connectivity index (χ2v) is 7.68. The van der Waals surface area contributed by atoms with Crippen molar-refractivity contribution in [1.82, 2.24) is 9.55 Å². The third-order valence-corrected chi connectivity index (χ3v) is 5.83. The van der Waals surface area contributed by atoms with E-state index in [0.29, 0.717) is 10.6 Å². The van der Waals surface area contributed by atoms with E-state index in [4.69, 9.17) is 16.6 Å². The van der Waals surface area contributed by atoms with Crippen LogP contribution in [-0.2, 0) is 5.41 Å². The highest BCUT2D eigenvalue weighted by atomic mass is 35.5. The standard InChI is InChI=1S/C23H17ClN2O/c1-14-7-9-15(10-8-14)23(2)18-12-11-16(24)13-17(18)21(27)26-20-6-4-3-5-19(20)25-22(23)26/h3-13H,1-2H3. The molecule has 5 rings (SSSR count). The van der Waals surface area contributed by atoms with Gasteiger partial charge in [-0.3, -0.25) is 9.36 Å². The number of para-hydroxylation sites is 2. The fraction of sp³-hybridized carbons (Fsp3) is 0.130. The smallest absolute Gasteiger partial charge is 0.264 e. The van der Waals surface area contributed by atoms with E-state index >= 15 is 0 Å². The van der Waals surface area contributed by atoms with Gasteiger partial charge in [0.15, 0.2) is 0 Å². The Morgan fingerprint density at radius 3 is 2.52 bits per heavy atom. The molecule has 0 saturated carbocycles. The molecule has 1 aliphatic heterocycles. The average Bonchev–Trinajstić information content (AvgIpc) is 3.07. The summed E-state index contributed by atoms with van der Waals surface area (Å²) in [7, 11) is 0. The maximum absolute atomic E-state index is 13.4. The highest BCUT2D eigenvalue weighted by molar-refractivity contribution is 6.31. The molecule has 0 amide bonds. The van der Waals surface area contributed by atoms with Gasteiger partial charge in [-0.1, -0.05) is 59.6 Å². The Labute approximate surface area is 162 Å². The lowest BCUT2D eigenvalue weighted by Crippen LogP contribution is -2.38. The van der Waals surface area contributed by atoms with Crippen LogP contribution in [0.3, 0.4) is 0 Å². The topological polar surface area (TPSA) is 34.9 Å². The van der Waals surface area contributed by atoms with Crippen molar-refractivity contribution in [2.45, 2.75) is 19.3 Å². The quantitative estimate of drug-likeness (QED) is 0.451. The van der Waals surface area contributed by atoms with Crippen LogP contribution in [0.2, 0.25) is 5.02 Å². The Balaban J connectivity index is 1.93. The van der Waals surface area contributed by atoms with Gasteiger partial charge in [0.1, 0.15) is 5.82 Å². The van der Waals surface area contributed by atoms with Gasteiger partial charge in [-0.2, -0.15) is 0 Å². The number of aryl methyl sites for hydroxylation is 1. The van der Waals surface area contributed by atoms with Crippen LogP contribution in [-0.4, -0.2) is 15.5 Å². The second-order valence-electron chi connectivity index (χ2n) is 7.25. The first-order valence-corrected chi connectivity index (χ1v) is 9.28. The van der Waals surface area contributed by atoms with Crippen LogP contribution >= 0.6 is 11.6 Å². The van der Waals surface area contributed by atoms with Crippen LogP contribution in [0.5, 0.6) is 0 Å². The van der Waals surface area contributed by atoms with Crippen molar-refractivity contribution in [3.8, 4) is 0 Å². The number of hydrogen-bond acceptors (Lipinski definition) is 2. The van der Waals surface area contributed by atoms with E-state index in [9.17, 15) is 4.79 Å². The lowest BCUT2D eigenvalue weighted by Gasteiger charge is -2.36. The zero-order chi connectivity index (χ0) is 18.8. The van der Waals surface area contributed by atoms with Crippen molar-refractivity contribution in [2.24, 2.45) is 0 Å². The minimum absolute atomic E-state index is 0.0826. The van der Waals surface area contributed by atoms with Gasteiger partial charge in [0, 0.05) is 10.6 Å². The number of carbonyl (C=O) groups excluding carboxylic acids is 1. The Morgan fingerprint density at radius 2 is 1.74 bits per heavy atom. The number of imidazole rings is 1. The van der Waals surface area contributed by atoms with E-state index < -0.39 is 5.41 Å². The molecule has 4 heteroatoms. The van der Waals surface area contributed by atoms with Gasteiger partial charge in [0.05, 0.1) is 16.4 Å². The molecule has 0 fully saturated rings. The summed E-state index contributed by atoms with van der Waals surface area (Å²) in [6.45, 7) is 4.20. The predicted octanol–water partition coefficient (Wildman–Crippen LogP) is 5.35. The largest absolute Gasteiger partial charge is 0.268 e. The van der Waals surface area contributed by atoms with Crippen molar-refractivity contribution in [1.29, 1.82) is 0 Å². The summed E-state index contributed by atoms with van der Waals surface area (Å²) < 4.78 is 1.74. The first-order valence-electron chi connectivity index (χ1n) is 8.90. The lowest BCUT2D eigenvalue weighted by molar-refractivity contribution is 0.0949. The molecule has 132 valence electrons. The Hall–Kier alpha value is -2.91. The molecule has 0 aliphatic carbocycles. The molecular formula is C23H17ClN2O. The van der Waals surface area contributed by atoms with Crippen LogP contribution in [0, 0.1) is 6.92 Å². The van der Waals surface area contributed by atoms with Gasteiger partial charge in [0.2, 0.25) is 0 Å². The first-order chi connectivity index (χ1) is 13.0. The SMILES string of the molecule is Cc1ccc(C2(C)c3ccc(Cl)cc3C(=O)n3c2nc2ccccc23)cc1. The maximum atomic E-state index is 13.4. The van der Waals surface area contributed by atoms with Gasteiger partial charge in [-0.15, -0.1) is 0 Å². The zero-order valence-corrected chi connectivity index (χ0v) is 15.8. The van der Waals surface area contributed by atoms with Crippen LogP contribution in [0.25, 0.3) is 11.0 Å². The van der Waals surface area contributed by atoms with Crippen molar-refractivity contribution in [2.75, 3.05) is 0 Å². The van der Waals surface area contributed by atoms with Gasteiger partial charge >= 0.3 is 0 Å². The second kappa shape index (κ2) is 5.54. The summed E-state index contributed by atoms with van der Waals surface area (Å²) in [5.74, 6) is 0.660. The number of halogens is 1. The monoisotopic (exact) mass is 372 g/mol. The normalized spacial score (nSPS) is 18.4. The Morgan fingerprint density at radius 1 is 1.00 bits per heavy atom. The number of fused-ring (bicyclic) bond motifs is 4. The van der Waals surface area contributed by atoms with E-state index in [1.165, 1.54) is 5.56 Å². The molecule has 1 unspecified atom stereocenters. The molecule has 1 aromatic heterocycles. The van der Waals surface area contributed by atoms with E-state index in [0.717, 1.165) is 28.0 Å². The van der Waals surface area contributed by atoms with Crippen LogP contribution in [0.4, 0.5) is 0 Å². The van der Waals surface area contributed by atoms with Gasteiger partial charge in [-0.05, 0) is 49.2 Å². The number of benzene rings is 3. The average molecular weight is 373 g/mol. The van der Waals surface area contributed by atoms with E-state index in [2.05, 4.69) is 38.1 Å². The molecule has 3 nitrogen and oxygen atoms in total. The minimum atomic E-state index is -0.555. The third-order valence-electron chi connectivity index (χ3n) is 5.59. The summed E-state index contributed by atoms with van der Waals surface area (Å²) >= 11 is 6.24. The van der Waals surface area contributed by atoms with E-state index in [-0.39, 0.29) is 5.91 Å². The molecule has 3 aromatic carbocycles. The number of aromatic nitrogens is 2. The van der Waals surface area contributed by atoms with Gasteiger partial charge < -0.3 is 0 Å². The lowest BCUT2D eigenvalue weighted by atomic mass is 9.71. The summed E-state index contributed by atoms with van der Waals surface area (Å²) in [6, 6.07) is 21.8. The maximum Gasteiger partial charge on any atom is 0.264 e. The number of hydrogen-bond donors (Lipinski definition) is 0. The number of carbonyl (C=O) groups is 1. The third kappa shape index (κ3) is 2.15. The van der Waals surface area contributed by atoms with Crippen LogP contribution < -0.4 is 0 Å². The molecule has 1 atom stereocenters. The molecule has 0 bridgehead atoms. The highest BCUT2D eigenvalue weighted by Crippen LogP contribution is 2.45. The van der Waals surface area contributed by atoms with Gasteiger partial charge in [-0.25, -0.2) is 4.98 Å². The molecule has 0 N–H and O–H groups in total. The van der Waals surface area contributed by atoms with Gasteiger partial charge in [0.25, 0.3) is 5.91 Å². The first kappa shape index (κ1) is 16.3. The van der Waals surface area contributed by atoms with Crippen molar-refractivity contribution in [3.05, 3.63) is 99.8 Å². The molecule has 0 radical (unpaired) electrons. The molecule has 4 aromatic rings. The molecule has 0 spiro atoms. The zero-order valence-electron chi connectivity index (χ0n) is 15.0. The summed E-state index contributed by atoms with van der Waals surface area (Å²) in [5.41, 5.74) is 4.93. The fourth-order valence-corrected chi connectivity index (χ4v) is 4.28.